The van der Waals surface area contributed by atoms with E-state index in [-0.39, 0.29) is 38.1 Å². The van der Waals surface area contributed by atoms with Crippen molar-refractivity contribution in [1.82, 2.24) is 9.55 Å². The molecule has 0 unspecified atom stereocenters. The van der Waals surface area contributed by atoms with Crippen molar-refractivity contribution in [2.75, 3.05) is 9.80 Å². The fourth-order valence-electron chi connectivity index (χ4n) is 9.35. The zero-order valence-electron chi connectivity index (χ0n) is 39.7. The molecule has 69 heavy (non-hydrogen) atoms. The Morgan fingerprint density at radius 3 is 1.91 bits per heavy atom. The van der Waals surface area contributed by atoms with Crippen molar-refractivity contribution in [2.24, 2.45) is 0 Å². The summed E-state index contributed by atoms with van der Waals surface area (Å²) < 4.78 is 47.0. The fourth-order valence-corrected chi connectivity index (χ4v) is 9.35. The summed E-state index contributed by atoms with van der Waals surface area (Å²) in [4.78, 5) is 9.10. The quantitative estimate of drug-likeness (QED) is 0.135. The summed E-state index contributed by atoms with van der Waals surface area (Å²) in [6, 6.07) is 63.1. The zero-order chi connectivity index (χ0) is 47.6. The molecule has 0 fully saturated rings. The number of nitrogens with zero attached hydrogens (tertiary/aromatic N) is 4. The first-order valence-electron chi connectivity index (χ1n) is 23.2. The Kier molecular flexibility index (Phi) is 11.7. The molecule has 2 aromatic heterocycles. The zero-order valence-corrected chi connectivity index (χ0v) is 40.9. The summed E-state index contributed by atoms with van der Waals surface area (Å²) >= 11 is 0. The average Bonchev–Trinajstić information content (AvgIpc) is 3.90. The van der Waals surface area contributed by atoms with Crippen LogP contribution in [-0.4, -0.2) is 9.55 Å². The second-order valence-corrected chi connectivity index (χ2v) is 18.4. The number of hydrogen-bond donors (Lipinski definition) is 0. The molecule has 0 N–H and O–H groups in total. The number of benzene rings is 8. The van der Waals surface area contributed by atoms with Crippen molar-refractivity contribution in [1.29, 1.82) is 0 Å². The Morgan fingerprint density at radius 2 is 1.23 bits per heavy atom. The number of rotatable bonds is 9. The predicted octanol–water partition coefficient (Wildman–Crippen LogP) is 16.7. The Hall–Kier alpha value is -7.34. The number of anilines is 4. The van der Waals surface area contributed by atoms with Gasteiger partial charge in [-0.3, -0.25) is 0 Å². The second kappa shape index (κ2) is 18.3. The Bertz CT molecular complexity index is 3510. The number of pyridine rings is 1. The van der Waals surface area contributed by atoms with E-state index in [0.29, 0.717) is 17.2 Å². The molecule has 11 rings (SSSR count). The van der Waals surface area contributed by atoms with Gasteiger partial charge in [0.05, 0.1) is 0 Å². The predicted molar refractivity (Wildman–Crippen MR) is 273 cm³/mol. The number of fused-ring (bicyclic) bond motifs is 4. The van der Waals surface area contributed by atoms with Gasteiger partial charge in [-0.05, 0) is 99.1 Å². The number of para-hydroxylation sites is 4. The van der Waals surface area contributed by atoms with E-state index >= 15 is 0 Å². The van der Waals surface area contributed by atoms with Gasteiger partial charge in [0, 0.05) is 73.8 Å². The molecule has 8 heteroatoms. The summed E-state index contributed by atoms with van der Waals surface area (Å²) in [5, 5.41) is 2.11. The molecule has 0 spiro atoms. The maximum atomic E-state index is 14.4. The third-order valence-corrected chi connectivity index (χ3v) is 12.7. The molecule has 10 aromatic rings. The molecular weight excluding hydrogens is 1040 g/mol. The van der Waals surface area contributed by atoms with Gasteiger partial charge >= 0.3 is 0 Å². The topological polar surface area (TPSA) is 33.5 Å². The van der Waals surface area contributed by atoms with Crippen molar-refractivity contribution >= 4 is 44.6 Å². The van der Waals surface area contributed by atoms with Gasteiger partial charge in [0.25, 0.3) is 0 Å². The van der Waals surface area contributed by atoms with E-state index in [1.165, 1.54) is 29.8 Å². The number of hydrogen-bond acceptors (Lipinski definition) is 4. The van der Waals surface area contributed by atoms with E-state index in [1.54, 1.807) is 24.3 Å². The van der Waals surface area contributed by atoms with Crippen LogP contribution in [0.1, 0.15) is 53.0 Å². The van der Waals surface area contributed by atoms with Gasteiger partial charge in [0.2, 0.25) is 0 Å². The standard InChI is InChI=1S/C61H47F2N4O.Pt/c1-39(2)49-13-6-7-14-50(49)42-33-46(36-48(34-42)68-47-29-30-54-53-15-8-9-18-55(53)67(58(54)37-47)59-35-43(31-32-64-59)61(3,4)5)65-38-66(57-20-11-10-19-56(57)65)60-51(40-21-25-44(62)26-22-40)16-12-17-52(60)41-23-27-45(63)28-24-41;/h6-35,38-39H,1-5H3;/q-3;/i39D;. The molecular formula is C61H47F2N4OPt-3. The van der Waals surface area contributed by atoms with Gasteiger partial charge in [-0.25, -0.2) is 13.8 Å². The average molecular weight is 1090 g/mol. The molecule has 0 radical (unpaired) electrons. The van der Waals surface area contributed by atoms with Crippen LogP contribution in [0.15, 0.2) is 182 Å². The van der Waals surface area contributed by atoms with Crippen LogP contribution in [0, 0.1) is 30.4 Å². The van der Waals surface area contributed by atoms with E-state index < -0.39 is 5.89 Å². The molecule has 3 heterocycles. The largest absolute Gasteiger partial charge is 0.509 e. The van der Waals surface area contributed by atoms with Crippen molar-refractivity contribution in [3.63, 3.8) is 0 Å². The summed E-state index contributed by atoms with van der Waals surface area (Å²) in [7, 11) is 0. The van der Waals surface area contributed by atoms with Crippen molar-refractivity contribution < 1.29 is 36.0 Å². The van der Waals surface area contributed by atoms with Crippen LogP contribution in [0.25, 0.3) is 61.0 Å². The summed E-state index contributed by atoms with van der Waals surface area (Å²) in [5.74, 6) is 0.178. The van der Waals surface area contributed by atoms with E-state index in [9.17, 15) is 10.2 Å². The normalized spacial score (nSPS) is 12.8. The number of halogens is 2. The Labute approximate surface area is 418 Å². The maximum Gasteiger partial charge on any atom is 0.135 e. The van der Waals surface area contributed by atoms with Crippen LogP contribution in [0.3, 0.4) is 0 Å². The van der Waals surface area contributed by atoms with Crippen LogP contribution >= 0.6 is 0 Å². The van der Waals surface area contributed by atoms with Gasteiger partial charge in [-0.1, -0.05) is 137 Å². The van der Waals surface area contributed by atoms with Gasteiger partial charge in [-0.2, -0.15) is 6.07 Å². The van der Waals surface area contributed by atoms with Gasteiger partial charge < -0.3 is 19.1 Å². The SMILES string of the molecule is [2H]C(C)(C)c1ccccc1-c1cc(Oc2[c-]c3c(cc2)c2ccccc2n3-c2cc(C(C)(C)C)ccn2)[c-]c(N2[CH-]N(c3c(-c4ccc(F)cc4)cccc3-c3ccc(F)cc3)c3ccccc32)c1.[Pt]. The summed E-state index contributed by atoms with van der Waals surface area (Å²) in [6.07, 6.45) is 1.87. The van der Waals surface area contributed by atoms with E-state index in [4.69, 9.17) is 9.72 Å². The first-order chi connectivity index (χ1) is 33.3. The van der Waals surface area contributed by atoms with Gasteiger partial charge in [0.1, 0.15) is 17.5 Å². The smallest absolute Gasteiger partial charge is 0.135 e. The van der Waals surface area contributed by atoms with Crippen LogP contribution < -0.4 is 14.5 Å². The van der Waals surface area contributed by atoms with Crippen molar-refractivity contribution in [3.8, 4) is 50.7 Å². The monoisotopic (exact) mass is 1090 g/mol. The first kappa shape index (κ1) is 44.2. The first-order valence-corrected chi connectivity index (χ1v) is 22.7. The molecule has 0 amide bonds. The molecule has 0 atom stereocenters. The van der Waals surface area contributed by atoms with Crippen molar-refractivity contribution in [3.05, 3.63) is 224 Å². The molecule has 8 aromatic carbocycles. The third-order valence-electron chi connectivity index (χ3n) is 12.7. The molecule has 0 bridgehead atoms. The molecule has 0 saturated carbocycles. The fraction of sp³-hybridized carbons (Fsp3) is 0.115. The summed E-state index contributed by atoms with van der Waals surface area (Å²) in [5.41, 5.74) is 12.2. The Balaban J connectivity index is 0.00000567. The number of ether oxygens (including phenoxy) is 1. The van der Waals surface area contributed by atoms with E-state index in [1.807, 2.05) is 106 Å². The van der Waals surface area contributed by atoms with Gasteiger partial charge in [0.15, 0.2) is 0 Å². The van der Waals surface area contributed by atoms with E-state index in [0.717, 1.165) is 83.6 Å². The van der Waals surface area contributed by atoms with Crippen LogP contribution in [0.2, 0.25) is 0 Å². The minimum absolute atomic E-state index is 0. The van der Waals surface area contributed by atoms with Crippen LogP contribution in [0.4, 0.5) is 31.5 Å². The molecule has 5 nitrogen and oxygen atoms in total. The number of aromatic nitrogens is 2. The molecule has 0 aliphatic carbocycles. The van der Waals surface area contributed by atoms with Gasteiger partial charge in [-0.15, -0.1) is 53.6 Å². The van der Waals surface area contributed by atoms with Crippen LogP contribution in [0.5, 0.6) is 11.5 Å². The maximum absolute atomic E-state index is 14.4. The molecule has 1 aliphatic rings. The minimum Gasteiger partial charge on any atom is -0.509 e. The Morgan fingerprint density at radius 1 is 0.609 bits per heavy atom. The third kappa shape index (κ3) is 8.50. The van der Waals surface area contributed by atoms with E-state index in [2.05, 4.69) is 95.8 Å². The van der Waals surface area contributed by atoms with Crippen molar-refractivity contribution in [2.45, 2.75) is 45.9 Å². The molecule has 1 aliphatic heterocycles. The molecule has 0 saturated heterocycles. The van der Waals surface area contributed by atoms with Crippen LogP contribution in [-0.2, 0) is 26.5 Å². The minimum atomic E-state index is -0.911. The molecule has 344 valence electrons. The summed E-state index contributed by atoms with van der Waals surface area (Å²) in [6.45, 7) is 12.4. The second-order valence-electron chi connectivity index (χ2n) is 18.4.